The van der Waals surface area contributed by atoms with Gasteiger partial charge >= 0.3 is 0 Å². The number of methoxy groups -OCH3 is 1. The van der Waals surface area contributed by atoms with Crippen molar-refractivity contribution in [2.24, 2.45) is 0 Å². The van der Waals surface area contributed by atoms with Crippen molar-refractivity contribution in [2.75, 3.05) is 52.9 Å². The number of ether oxygens (including phenoxy) is 1. The number of carbonyl (C=O) groups is 1. The zero-order valence-electron chi connectivity index (χ0n) is 16.5. The van der Waals surface area contributed by atoms with Crippen LogP contribution >= 0.6 is 11.3 Å². The Morgan fingerprint density at radius 2 is 2.00 bits per heavy atom. The number of amides is 1. The molecule has 2 saturated heterocycles. The number of fused-ring (bicyclic) bond motifs is 1. The fraction of sp³-hybridized carbons (Fsp3) is 0.571. The number of thiophene rings is 1. The van der Waals surface area contributed by atoms with E-state index in [1.165, 1.54) is 0 Å². The lowest BCUT2D eigenvalue weighted by Crippen LogP contribution is -2.51. The molecule has 2 aliphatic heterocycles. The SMILES string of the molecule is CCN1CCN(C2CCN(C(=O)c3sc4ccc(OC)cc4c3C)C2)CC1. The van der Waals surface area contributed by atoms with Crippen LogP contribution in [0.25, 0.3) is 10.1 Å². The maximum atomic E-state index is 13.2. The third-order valence-electron chi connectivity index (χ3n) is 6.16. The number of likely N-dealkylation sites (N-methyl/N-ethyl adjacent to an activating group) is 1. The van der Waals surface area contributed by atoms with Crippen LogP contribution in [0.4, 0.5) is 0 Å². The predicted molar refractivity (Wildman–Crippen MR) is 111 cm³/mol. The molecule has 0 bridgehead atoms. The van der Waals surface area contributed by atoms with Gasteiger partial charge in [-0.1, -0.05) is 6.92 Å². The molecule has 146 valence electrons. The highest BCUT2D eigenvalue weighted by Crippen LogP contribution is 2.34. The molecular formula is C21H29N3O2S. The lowest BCUT2D eigenvalue weighted by Gasteiger charge is -2.37. The molecule has 1 aromatic carbocycles. The molecule has 1 aromatic heterocycles. The van der Waals surface area contributed by atoms with Crippen LogP contribution < -0.4 is 4.74 Å². The van der Waals surface area contributed by atoms with E-state index in [4.69, 9.17) is 4.74 Å². The first-order chi connectivity index (χ1) is 13.1. The van der Waals surface area contributed by atoms with Crippen molar-refractivity contribution >= 4 is 27.3 Å². The lowest BCUT2D eigenvalue weighted by atomic mass is 10.1. The van der Waals surface area contributed by atoms with Crippen molar-refractivity contribution in [1.82, 2.24) is 14.7 Å². The Bertz CT molecular complexity index is 826. The van der Waals surface area contributed by atoms with Crippen molar-refractivity contribution in [3.05, 3.63) is 28.6 Å². The second kappa shape index (κ2) is 7.78. The summed E-state index contributed by atoms with van der Waals surface area (Å²) in [5.41, 5.74) is 1.08. The van der Waals surface area contributed by atoms with Crippen LogP contribution in [0.15, 0.2) is 18.2 Å². The van der Waals surface area contributed by atoms with Gasteiger partial charge in [-0.25, -0.2) is 0 Å². The maximum Gasteiger partial charge on any atom is 0.264 e. The van der Waals surface area contributed by atoms with Crippen molar-refractivity contribution in [3.8, 4) is 5.75 Å². The van der Waals surface area contributed by atoms with E-state index in [0.29, 0.717) is 6.04 Å². The highest BCUT2D eigenvalue weighted by Gasteiger charge is 2.33. The van der Waals surface area contributed by atoms with E-state index >= 15 is 0 Å². The number of aryl methyl sites for hydroxylation is 1. The van der Waals surface area contributed by atoms with Crippen molar-refractivity contribution in [1.29, 1.82) is 0 Å². The summed E-state index contributed by atoms with van der Waals surface area (Å²) in [7, 11) is 1.68. The van der Waals surface area contributed by atoms with Gasteiger partial charge in [-0.2, -0.15) is 0 Å². The maximum absolute atomic E-state index is 13.2. The normalized spacial score (nSPS) is 21.9. The molecule has 6 heteroatoms. The number of hydrogen-bond acceptors (Lipinski definition) is 5. The first kappa shape index (κ1) is 18.7. The van der Waals surface area contributed by atoms with Crippen LogP contribution in [-0.2, 0) is 0 Å². The fourth-order valence-corrected chi connectivity index (χ4v) is 5.50. The summed E-state index contributed by atoms with van der Waals surface area (Å²) < 4.78 is 6.50. The molecule has 0 spiro atoms. The van der Waals surface area contributed by atoms with Crippen molar-refractivity contribution in [2.45, 2.75) is 26.3 Å². The van der Waals surface area contributed by atoms with Gasteiger partial charge in [0.15, 0.2) is 0 Å². The highest BCUT2D eigenvalue weighted by molar-refractivity contribution is 7.21. The zero-order chi connectivity index (χ0) is 19.0. The molecule has 1 atom stereocenters. The monoisotopic (exact) mass is 387 g/mol. The first-order valence-corrected chi connectivity index (χ1v) is 10.7. The van der Waals surface area contributed by atoms with Crippen LogP contribution in [0.2, 0.25) is 0 Å². The van der Waals surface area contributed by atoms with E-state index in [9.17, 15) is 4.79 Å². The van der Waals surface area contributed by atoms with Crippen LogP contribution in [0.5, 0.6) is 5.75 Å². The average Bonchev–Trinajstić information content (AvgIpc) is 3.33. The molecule has 4 rings (SSSR count). The van der Waals surface area contributed by atoms with Gasteiger partial charge in [-0.15, -0.1) is 11.3 Å². The Morgan fingerprint density at radius 1 is 1.22 bits per heavy atom. The summed E-state index contributed by atoms with van der Waals surface area (Å²) >= 11 is 1.61. The van der Waals surface area contributed by atoms with Gasteiger partial charge in [-0.05, 0) is 49.0 Å². The smallest absolute Gasteiger partial charge is 0.264 e. The lowest BCUT2D eigenvalue weighted by molar-refractivity contribution is 0.0749. The molecule has 5 nitrogen and oxygen atoms in total. The highest BCUT2D eigenvalue weighted by atomic mass is 32.1. The topological polar surface area (TPSA) is 36.0 Å². The van der Waals surface area contributed by atoms with Crippen LogP contribution in [0.1, 0.15) is 28.6 Å². The summed E-state index contributed by atoms with van der Waals surface area (Å²) in [6.45, 7) is 11.7. The van der Waals surface area contributed by atoms with E-state index in [-0.39, 0.29) is 5.91 Å². The van der Waals surface area contributed by atoms with E-state index in [1.54, 1.807) is 18.4 Å². The zero-order valence-corrected chi connectivity index (χ0v) is 17.3. The molecular weight excluding hydrogens is 358 g/mol. The van der Waals surface area contributed by atoms with Gasteiger partial charge in [0.25, 0.3) is 5.91 Å². The number of likely N-dealkylation sites (tertiary alicyclic amines) is 1. The number of nitrogens with zero attached hydrogens (tertiary/aromatic N) is 3. The molecule has 3 heterocycles. The minimum Gasteiger partial charge on any atom is -0.497 e. The number of hydrogen-bond donors (Lipinski definition) is 0. The largest absolute Gasteiger partial charge is 0.497 e. The fourth-order valence-electron chi connectivity index (χ4n) is 4.34. The van der Waals surface area contributed by atoms with Gasteiger partial charge in [-0.3, -0.25) is 9.69 Å². The van der Waals surface area contributed by atoms with Crippen molar-refractivity contribution < 1.29 is 9.53 Å². The number of rotatable bonds is 4. The molecule has 2 aromatic rings. The molecule has 2 aliphatic rings. The van der Waals surface area contributed by atoms with Crippen LogP contribution in [-0.4, -0.2) is 79.6 Å². The van der Waals surface area contributed by atoms with Crippen LogP contribution in [0, 0.1) is 6.92 Å². The molecule has 27 heavy (non-hydrogen) atoms. The van der Waals surface area contributed by atoms with Gasteiger partial charge in [0.2, 0.25) is 0 Å². The van der Waals surface area contributed by atoms with E-state index < -0.39 is 0 Å². The van der Waals surface area contributed by atoms with Gasteiger partial charge in [0.1, 0.15) is 5.75 Å². The third-order valence-corrected chi connectivity index (χ3v) is 7.42. The minimum absolute atomic E-state index is 0.197. The van der Waals surface area contributed by atoms with Gasteiger partial charge in [0.05, 0.1) is 12.0 Å². The van der Waals surface area contributed by atoms with Gasteiger partial charge < -0.3 is 14.5 Å². The van der Waals surface area contributed by atoms with E-state index in [1.807, 2.05) is 12.1 Å². The number of benzene rings is 1. The molecule has 0 N–H and O–H groups in total. The second-order valence-corrected chi connectivity index (χ2v) is 8.63. The molecule has 1 amide bonds. The molecule has 0 saturated carbocycles. The van der Waals surface area contributed by atoms with E-state index in [2.05, 4.69) is 34.6 Å². The summed E-state index contributed by atoms with van der Waals surface area (Å²) in [6, 6.07) is 6.58. The Hall–Kier alpha value is -1.63. The summed E-state index contributed by atoms with van der Waals surface area (Å²) in [4.78, 5) is 21.2. The van der Waals surface area contributed by atoms with E-state index in [0.717, 1.165) is 78.5 Å². The molecule has 0 aliphatic carbocycles. The number of piperazine rings is 1. The Labute approximate surface area is 165 Å². The Balaban J connectivity index is 1.46. The quantitative estimate of drug-likeness (QED) is 0.808. The minimum atomic E-state index is 0.197. The van der Waals surface area contributed by atoms with Crippen LogP contribution in [0.3, 0.4) is 0 Å². The predicted octanol–water partition coefficient (Wildman–Crippen LogP) is 3.07. The Kier molecular flexibility index (Phi) is 5.39. The average molecular weight is 388 g/mol. The summed E-state index contributed by atoms with van der Waals surface area (Å²) in [6.07, 6.45) is 1.09. The van der Waals surface area contributed by atoms with Gasteiger partial charge in [0, 0.05) is 50.0 Å². The van der Waals surface area contributed by atoms with Crippen molar-refractivity contribution in [3.63, 3.8) is 0 Å². The molecule has 2 fully saturated rings. The Morgan fingerprint density at radius 3 is 2.70 bits per heavy atom. The number of carbonyl (C=O) groups excluding carboxylic acids is 1. The standard InChI is InChI=1S/C21H29N3O2S/c1-4-22-9-11-23(12-10-22)16-7-8-24(14-16)21(25)20-15(2)18-13-17(26-3)5-6-19(18)27-20/h5-6,13,16H,4,7-12,14H2,1-3H3. The third kappa shape index (κ3) is 3.58. The molecule has 0 radical (unpaired) electrons. The second-order valence-electron chi connectivity index (χ2n) is 7.58. The molecule has 1 unspecified atom stereocenters. The summed E-state index contributed by atoms with van der Waals surface area (Å²) in [5, 5.41) is 1.13. The first-order valence-electron chi connectivity index (χ1n) is 9.93. The summed E-state index contributed by atoms with van der Waals surface area (Å²) in [5.74, 6) is 1.04.